The summed E-state index contributed by atoms with van der Waals surface area (Å²) in [6.07, 6.45) is 0.00488. The van der Waals surface area contributed by atoms with Gasteiger partial charge in [-0.05, 0) is 31.2 Å². The van der Waals surface area contributed by atoms with Crippen molar-refractivity contribution in [3.05, 3.63) is 65.2 Å². The first-order valence-corrected chi connectivity index (χ1v) is 7.02. The van der Waals surface area contributed by atoms with Crippen molar-refractivity contribution in [2.75, 3.05) is 6.54 Å². The summed E-state index contributed by atoms with van der Waals surface area (Å²) in [5.41, 5.74) is 1.44. The molecule has 0 radical (unpaired) electrons. The second-order valence-corrected chi connectivity index (χ2v) is 5.44. The predicted octanol–water partition coefficient (Wildman–Crippen LogP) is 3.75. The summed E-state index contributed by atoms with van der Waals surface area (Å²) in [5, 5.41) is 0. The summed E-state index contributed by atoms with van der Waals surface area (Å²) < 4.78 is 33.0. The van der Waals surface area contributed by atoms with E-state index in [0.29, 0.717) is 25.2 Å². The van der Waals surface area contributed by atoms with Gasteiger partial charge in [0.15, 0.2) is 0 Å². The van der Waals surface area contributed by atoms with Crippen LogP contribution in [0.25, 0.3) is 0 Å². The van der Waals surface area contributed by atoms with Crippen LogP contribution in [-0.2, 0) is 13.1 Å². The molecule has 0 bridgehead atoms. The van der Waals surface area contributed by atoms with Crippen LogP contribution >= 0.6 is 0 Å². The minimum Gasteiger partial charge on any atom is -0.489 e. The Morgan fingerprint density at radius 1 is 1.19 bits per heavy atom. The van der Waals surface area contributed by atoms with Crippen LogP contribution in [0.5, 0.6) is 5.75 Å². The van der Waals surface area contributed by atoms with E-state index in [9.17, 15) is 8.78 Å². The fraction of sp³-hybridized carbons (Fsp3) is 0.294. The molecule has 1 aliphatic heterocycles. The van der Waals surface area contributed by atoms with E-state index >= 15 is 0 Å². The molecule has 0 saturated heterocycles. The third-order valence-electron chi connectivity index (χ3n) is 3.61. The molecule has 2 aromatic carbocycles. The summed E-state index contributed by atoms with van der Waals surface area (Å²) in [5.74, 6) is 0.0839. The van der Waals surface area contributed by atoms with Crippen LogP contribution in [0.4, 0.5) is 8.78 Å². The van der Waals surface area contributed by atoms with Gasteiger partial charge in [-0.1, -0.05) is 18.2 Å². The molecule has 0 spiro atoms. The first-order chi connectivity index (χ1) is 10.1. The summed E-state index contributed by atoms with van der Waals surface area (Å²) in [6, 6.07) is 11.4. The van der Waals surface area contributed by atoms with Crippen molar-refractivity contribution in [3.8, 4) is 5.75 Å². The maximum Gasteiger partial charge on any atom is 0.127 e. The lowest BCUT2D eigenvalue weighted by molar-refractivity contribution is 0.155. The minimum absolute atomic E-state index is 0.00488. The molecule has 2 aromatic rings. The number of fused-ring (bicyclic) bond motifs is 1. The van der Waals surface area contributed by atoms with Crippen LogP contribution in [-0.4, -0.2) is 17.5 Å². The summed E-state index contributed by atoms with van der Waals surface area (Å²) in [4.78, 5) is 2.08. The van der Waals surface area contributed by atoms with Gasteiger partial charge < -0.3 is 4.74 Å². The average molecular weight is 289 g/mol. The van der Waals surface area contributed by atoms with E-state index < -0.39 is 5.82 Å². The Hall–Kier alpha value is -1.94. The second kappa shape index (κ2) is 5.82. The molecule has 0 aromatic heterocycles. The van der Waals surface area contributed by atoms with Gasteiger partial charge in [-0.15, -0.1) is 0 Å². The zero-order valence-corrected chi connectivity index (χ0v) is 11.9. The third kappa shape index (κ3) is 3.22. The molecular weight excluding hydrogens is 272 g/mol. The number of hydrogen-bond donors (Lipinski definition) is 0. The van der Waals surface area contributed by atoms with Crippen molar-refractivity contribution < 1.29 is 13.5 Å². The molecule has 0 aliphatic carbocycles. The number of nitrogens with zero attached hydrogens (tertiary/aromatic N) is 1. The normalized spacial score (nSPS) is 18.7. The minimum atomic E-state index is -0.411. The molecule has 0 fully saturated rings. The van der Waals surface area contributed by atoms with E-state index in [-0.39, 0.29) is 11.9 Å². The molecule has 1 atom stereocenters. The summed E-state index contributed by atoms with van der Waals surface area (Å²) >= 11 is 0. The van der Waals surface area contributed by atoms with Gasteiger partial charge in [0, 0.05) is 30.8 Å². The number of rotatable bonds is 2. The van der Waals surface area contributed by atoms with E-state index in [1.807, 2.05) is 31.2 Å². The van der Waals surface area contributed by atoms with Crippen LogP contribution in [0.1, 0.15) is 18.1 Å². The Labute approximate surface area is 123 Å². The smallest absolute Gasteiger partial charge is 0.127 e. The van der Waals surface area contributed by atoms with Crippen molar-refractivity contribution in [2.45, 2.75) is 26.1 Å². The number of hydrogen-bond acceptors (Lipinski definition) is 2. The molecule has 4 heteroatoms. The second-order valence-electron chi connectivity index (χ2n) is 5.44. The molecule has 3 rings (SSSR count). The Bertz CT molecular complexity index is 644. The first kappa shape index (κ1) is 14.0. The number of benzene rings is 2. The van der Waals surface area contributed by atoms with Crippen LogP contribution in [0, 0.1) is 11.6 Å². The maximum absolute atomic E-state index is 13.8. The van der Waals surface area contributed by atoms with Crippen molar-refractivity contribution >= 4 is 0 Å². The molecule has 0 saturated carbocycles. The van der Waals surface area contributed by atoms with Gasteiger partial charge in [-0.2, -0.15) is 0 Å². The van der Waals surface area contributed by atoms with Crippen molar-refractivity contribution in [2.24, 2.45) is 0 Å². The van der Waals surface area contributed by atoms with E-state index in [1.165, 1.54) is 12.1 Å². The summed E-state index contributed by atoms with van der Waals surface area (Å²) in [6.45, 7) is 3.68. The lowest BCUT2D eigenvalue weighted by Crippen LogP contribution is -2.30. The van der Waals surface area contributed by atoms with E-state index in [4.69, 9.17) is 4.74 Å². The van der Waals surface area contributed by atoms with Gasteiger partial charge in [-0.25, -0.2) is 8.78 Å². The highest BCUT2D eigenvalue weighted by atomic mass is 19.1. The van der Waals surface area contributed by atoms with Gasteiger partial charge in [0.2, 0.25) is 0 Å². The number of ether oxygens (including phenoxy) is 1. The van der Waals surface area contributed by atoms with Crippen molar-refractivity contribution in [1.82, 2.24) is 4.90 Å². The Morgan fingerprint density at radius 2 is 2.00 bits per heavy atom. The zero-order valence-electron chi connectivity index (χ0n) is 11.9. The highest BCUT2D eigenvalue weighted by Gasteiger charge is 2.20. The van der Waals surface area contributed by atoms with Gasteiger partial charge in [-0.3, -0.25) is 4.90 Å². The fourth-order valence-electron chi connectivity index (χ4n) is 2.70. The van der Waals surface area contributed by atoms with Gasteiger partial charge in [0.05, 0.1) is 0 Å². The molecule has 110 valence electrons. The Morgan fingerprint density at radius 3 is 2.86 bits per heavy atom. The molecular formula is C17H17F2NO. The first-order valence-electron chi connectivity index (χ1n) is 7.02. The standard InChI is InChI=1S/C17H17F2NO/c1-12-9-20(10-13-4-2-3-5-17(13)21-12)11-14-8-15(18)6-7-16(14)19/h2-8,12H,9-11H2,1H3/t12-/m1/s1. The quantitative estimate of drug-likeness (QED) is 0.835. The van der Waals surface area contributed by atoms with E-state index in [0.717, 1.165) is 17.4 Å². The lowest BCUT2D eigenvalue weighted by atomic mass is 10.1. The average Bonchev–Trinajstić information content (AvgIpc) is 2.60. The zero-order chi connectivity index (χ0) is 14.8. The number of para-hydroxylation sites is 1. The van der Waals surface area contributed by atoms with Gasteiger partial charge in [0.1, 0.15) is 23.5 Å². The highest BCUT2D eigenvalue weighted by molar-refractivity contribution is 5.34. The Balaban J connectivity index is 1.84. The molecule has 1 heterocycles. The van der Waals surface area contributed by atoms with Crippen LogP contribution in [0.2, 0.25) is 0 Å². The van der Waals surface area contributed by atoms with Crippen molar-refractivity contribution in [3.63, 3.8) is 0 Å². The van der Waals surface area contributed by atoms with Gasteiger partial charge >= 0.3 is 0 Å². The maximum atomic E-state index is 13.8. The van der Waals surface area contributed by atoms with Crippen LogP contribution in [0.3, 0.4) is 0 Å². The summed E-state index contributed by atoms with van der Waals surface area (Å²) in [7, 11) is 0. The van der Waals surface area contributed by atoms with Crippen molar-refractivity contribution in [1.29, 1.82) is 0 Å². The Kier molecular flexibility index (Phi) is 3.88. The van der Waals surface area contributed by atoms with E-state index in [2.05, 4.69) is 4.90 Å². The molecule has 21 heavy (non-hydrogen) atoms. The molecule has 2 nitrogen and oxygen atoms in total. The van der Waals surface area contributed by atoms with E-state index in [1.54, 1.807) is 0 Å². The largest absolute Gasteiger partial charge is 0.489 e. The SMILES string of the molecule is C[C@@H]1CN(Cc2cc(F)ccc2F)Cc2ccccc2O1. The molecule has 0 unspecified atom stereocenters. The van der Waals surface area contributed by atoms with Gasteiger partial charge in [0.25, 0.3) is 0 Å². The highest BCUT2D eigenvalue weighted by Crippen LogP contribution is 2.26. The third-order valence-corrected chi connectivity index (χ3v) is 3.61. The lowest BCUT2D eigenvalue weighted by Gasteiger charge is -2.22. The van der Waals surface area contributed by atoms with Crippen LogP contribution in [0.15, 0.2) is 42.5 Å². The molecule has 0 N–H and O–H groups in total. The van der Waals surface area contributed by atoms with Crippen LogP contribution < -0.4 is 4.74 Å². The predicted molar refractivity (Wildman–Crippen MR) is 77.0 cm³/mol. The molecule has 0 amide bonds. The topological polar surface area (TPSA) is 12.5 Å². The monoisotopic (exact) mass is 289 g/mol. The number of halogens is 2. The fourth-order valence-corrected chi connectivity index (χ4v) is 2.70. The molecule has 1 aliphatic rings.